The van der Waals surface area contributed by atoms with Gasteiger partial charge >= 0.3 is 0 Å². The number of nitrogens with one attached hydrogen (secondary N) is 1. The summed E-state index contributed by atoms with van der Waals surface area (Å²) in [6.45, 7) is 2.82. The van der Waals surface area contributed by atoms with Crippen LogP contribution in [0.3, 0.4) is 0 Å². The highest BCUT2D eigenvalue weighted by atomic mass is 32.2. The third kappa shape index (κ3) is 6.31. The predicted molar refractivity (Wildman–Crippen MR) is 139 cm³/mol. The Hall–Kier alpha value is -4.25. The molecule has 0 fully saturated rings. The van der Waals surface area contributed by atoms with Crippen molar-refractivity contribution >= 4 is 33.2 Å². The van der Waals surface area contributed by atoms with Gasteiger partial charge in [-0.15, -0.1) is 0 Å². The van der Waals surface area contributed by atoms with Crippen LogP contribution >= 0.6 is 0 Å². The lowest BCUT2D eigenvalue weighted by Crippen LogP contribution is -2.50. The molecule has 3 aromatic rings. The van der Waals surface area contributed by atoms with E-state index >= 15 is 0 Å². The fourth-order valence-electron chi connectivity index (χ4n) is 3.77. The largest absolute Gasteiger partial charge is 0.357 e. The SMILES string of the molecule is CNC(=O)[C@@H](C)N(Cc1ccccc1C)C(=O)CN(c1cccc([N+](=O)[O-])c1)S(=O)(=O)c1ccccc1. The second kappa shape index (κ2) is 11.7. The van der Waals surface area contributed by atoms with Crippen LogP contribution < -0.4 is 9.62 Å². The maximum Gasteiger partial charge on any atom is 0.271 e. The smallest absolute Gasteiger partial charge is 0.271 e. The number of non-ortho nitro benzene ring substituents is 1. The maximum absolute atomic E-state index is 13.7. The van der Waals surface area contributed by atoms with Crippen molar-refractivity contribution in [2.75, 3.05) is 17.9 Å². The highest BCUT2D eigenvalue weighted by Gasteiger charge is 2.33. The molecule has 194 valence electrons. The first-order chi connectivity index (χ1) is 17.6. The molecule has 0 unspecified atom stereocenters. The summed E-state index contributed by atoms with van der Waals surface area (Å²) >= 11 is 0. The maximum atomic E-state index is 13.7. The number of likely N-dealkylation sites (N-methyl/N-ethyl adjacent to an activating group) is 1. The lowest BCUT2D eigenvalue weighted by Gasteiger charge is -2.32. The van der Waals surface area contributed by atoms with Gasteiger partial charge in [0.05, 0.1) is 15.5 Å². The first-order valence-corrected chi connectivity index (χ1v) is 12.9. The molecule has 0 heterocycles. The van der Waals surface area contributed by atoms with Crippen molar-refractivity contribution in [3.8, 4) is 0 Å². The molecule has 0 spiro atoms. The zero-order valence-corrected chi connectivity index (χ0v) is 21.5. The molecule has 3 aromatic carbocycles. The second-order valence-corrected chi connectivity index (χ2v) is 10.2. The van der Waals surface area contributed by atoms with E-state index < -0.39 is 39.3 Å². The van der Waals surface area contributed by atoms with E-state index in [-0.39, 0.29) is 22.8 Å². The van der Waals surface area contributed by atoms with Gasteiger partial charge in [-0.25, -0.2) is 8.42 Å². The van der Waals surface area contributed by atoms with Crippen LogP contribution in [0.15, 0.2) is 83.8 Å². The molecule has 0 saturated heterocycles. The minimum atomic E-state index is -4.30. The van der Waals surface area contributed by atoms with E-state index in [1.54, 1.807) is 25.1 Å². The molecular weight excluding hydrogens is 496 g/mol. The molecule has 0 aliphatic rings. The highest BCUT2D eigenvalue weighted by molar-refractivity contribution is 7.92. The van der Waals surface area contributed by atoms with Crippen molar-refractivity contribution in [1.82, 2.24) is 10.2 Å². The average Bonchev–Trinajstić information content (AvgIpc) is 2.90. The molecule has 10 nitrogen and oxygen atoms in total. The molecule has 0 aromatic heterocycles. The molecule has 0 bridgehead atoms. The van der Waals surface area contributed by atoms with Crippen LogP contribution in [0.1, 0.15) is 18.1 Å². The molecule has 1 N–H and O–H groups in total. The van der Waals surface area contributed by atoms with Crippen molar-refractivity contribution in [3.05, 3.63) is 100 Å². The highest BCUT2D eigenvalue weighted by Crippen LogP contribution is 2.27. The number of carbonyl (C=O) groups excluding carboxylic acids is 2. The number of sulfonamides is 1. The number of benzene rings is 3. The number of nitrogens with zero attached hydrogens (tertiary/aromatic N) is 3. The van der Waals surface area contributed by atoms with Gasteiger partial charge in [0.2, 0.25) is 11.8 Å². The quantitative estimate of drug-likeness (QED) is 0.320. The molecule has 3 rings (SSSR count). The Bertz CT molecular complexity index is 1390. The molecular formula is C26H28N4O6S. The Morgan fingerprint density at radius 1 is 1.00 bits per heavy atom. The average molecular weight is 525 g/mol. The predicted octanol–water partition coefficient (Wildman–Crippen LogP) is 3.26. The summed E-state index contributed by atoms with van der Waals surface area (Å²) in [5.41, 5.74) is 1.32. The van der Waals surface area contributed by atoms with Crippen molar-refractivity contribution in [3.63, 3.8) is 0 Å². The third-order valence-electron chi connectivity index (χ3n) is 5.95. The Morgan fingerprint density at radius 3 is 2.27 bits per heavy atom. The summed E-state index contributed by atoms with van der Waals surface area (Å²) in [4.78, 5) is 38.2. The number of aryl methyl sites for hydroxylation is 1. The summed E-state index contributed by atoms with van der Waals surface area (Å²) in [6.07, 6.45) is 0. The van der Waals surface area contributed by atoms with E-state index in [9.17, 15) is 28.1 Å². The van der Waals surface area contributed by atoms with Gasteiger partial charge < -0.3 is 10.2 Å². The van der Waals surface area contributed by atoms with Gasteiger partial charge in [-0.05, 0) is 43.2 Å². The van der Waals surface area contributed by atoms with Crippen LogP contribution in [-0.2, 0) is 26.2 Å². The topological polar surface area (TPSA) is 130 Å². The van der Waals surface area contributed by atoms with Gasteiger partial charge in [0, 0.05) is 25.7 Å². The number of anilines is 1. The summed E-state index contributed by atoms with van der Waals surface area (Å²) in [7, 11) is -2.85. The zero-order chi connectivity index (χ0) is 27.2. The number of rotatable bonds is 10. The van der Waals surface area contributed by atoms with Gasteiger partial charge in [0.15, 0.2) is 0 Å². The van der Waals surface area contributed by atoms with Gasteiger partial charge in [-0.3, -0.25) is 24.0 Å². The zero-order valence-electron chi connectivity index (χ0n) is 20.7. The summed E-state index contributed by atoms with van der Waals surface area (Å²) in [5.74, 6) is -1.07. The minimum absolute atomic E-state index is 0.0464. The summed E-state index contributed by atoms with van der Waals surface area (Å²) < 4.78 is 28.1. The van der Waals surface area contributed by atoms with Gasteiger partial charge in [-0.2, -0.15) is 0 Å². The third-order valence-corrected chi connectivity index (χ3v) is 7.74. The fourth-order valence-corrected chi connectivity index (χ4v) is 5.20. The van der Waals surface area contributed by atoms with E-state index in [0.717, 1.165) is 21.5 Å². The van der Waals surface area contributed by atoms with Gasteiger partial charge in [-0.1, -0.05) is 48.5 Å². The number of nitro groups is 1. The van der Waals surface area contributed by atoms with Crippen LogP contribution in [-0.4, -0.2) is 49.7 Å². The Kier molecular flexibility index (Phi) is 8.61. The number of carbonyl (C=O) groups is 2. The molecule has 37 heavy (non-hydrogen) atoms. The van der Waals surface area contributed by atoms with Crippen LogP contribution in [0, 0.1) is 17.0 Å². The van der Waals surface area contributed by atoms with Crippen molar-refractivity contribution < 1.29 is 22.9 Å². The van der Waals surface area contributed by atoms with E-state index in [0.29, 0.717) is 0 Å². The minimum Gasteiger partial charge on any atom is -0.357 e. The standard InChI is InChI=1S/C26H28N4O6S/c1-19-10-7-8-11-21(19)17-28(20(2)26(32)27-3)25(31)18-29(22-12-9-13-23(16-22)30(33)34)37(35,36)24-14-5-4-6-15-24/h4-16,20H,17-18H2,1-3H3,(H,27,32)/t20-/m1/s1. The van der Waals surface area contributed by atoms with E-state index in [1.807, 2.05) is 31.2 Å². The fraction of sp³-hybridized carbons (Fsp3) is 0.231. The first-order valence-electron chi connectivity index (χ1n) is 11.4. The molecule has 11 heteroatoms. The normalized spacial score (nSPS) is 11.9. The van der Waals surface area contributed by atoms with Crippen LogP contribution in [0.2, 0.25) is 0 Å². The van der Waals surface area contributed by atoms with Crippen LogP contribution in [0.4, 0.5) is 11.4 Å². The molecule has 0 aliphatic heterocycles. The number of hydrogen-bond acceptors (Lipinski definition) is 6. The van der Waals surface area contributed by atoms with Crippen molar-refractivity contribution in [2.45, 2.75) is 31.3 Å². The first kappa shape index (κ1) is 27.3. The second-order valence-electron chi connectivity index (χ2n) is 8.34. The van der Waals surface area contributed by atoms with E-state index in [4.69, 9.17) is 0 Å². The van der Waals surface area contributed by atoms with Crippen LogP contribution in [0.5, 0.6) is 0 Å². The molecule has 0 aliphatic carbocycles. The van der Waals surface area contributed by atoms with Gasteiger partial charge in [0.1, 0.15) is 12.6 Å². The molecule has 0 saturated carbocycles. The monoisotopic (exact) mass is 524 g/mol. The Morgan fingerprint density at radius 2 is 1.65 bits per heavy atom. The number of nitro benzene ring substituents is 1. The summed E-state index contributed by atoms with van der Waals surface area (Å²) in [6, 6.07) is 19.0. The summed E-state index contributed by atoms with van der Waals surface area (Å²) in [5, 5.41) is 13.9. The lowest BCUT2D eigenvalue weighted by molar-refractivity contribution is -0.384. The molecule has 0 radical (unpaired) electrons. The lowest BCUT2D eigenvalue weighted by atomic mass is 10.1. The van der Waals surface area contributed by atoms with E-state index in [1.165, 1.54) is 42.3 Å². The van der Waals surface area contributed by atoms with Crippen LogP contribution in [0.25, 0.3) is 0 Å². The number of amides is 2. The Labute approximate surface area is 215 Å². The van der Waals surface area contributed by atoms with E-state index in [2.05, 4.69) is 5.32 Å². The molecule has 1 atom stereocenters. The molecule has 2 amide bonds. The van der Waals surface area contributed by atoms with Gasteiger partial charge in [0.25, 0.3) is 15.7 Å². The van der Waals surface area contributed by atoms with Crippen molar-refractivity contribution in [1.29, 1.82) is 0 Å². The van der Waals surface area contributed by atoms with Crippen molar-refractivity contribution in [2.24, 2.45) is 0 Å². The number of hydrogen-bond donors (Lipinski definition) is 1. The Balaban J connectivity index is 2.08.